The molecule has 34 heavy (non-hydrogen) atoms. The normalized spacial score (nSPS) is 20.2. The number of carbonyl (C=O) groups is 4. The number of nitrogens with one attached hydrogen (secondary N) is 4. The lowest BCUT2D eigenvalue weighted by Gasteiger charge is -2.33. The molecule has 4 amide bonds. The third-order valence-electron chi connectivity index (χ3n) is 5.44. The molecule has 0 aromatic carbocycles. The number of carbonyl (C=O) groups excluding carboxylic acids is 4. The Bertz CT molecular complexity index is 756. The van der Waals surface area contributed by atoms with E-state index in [4.69, 9.17) is 5.73 Å². The summed E-state index contributed by atoms with van der Waals surface area (Å²) in [5, 5.41) is 8.83. The average Bonchev–Trinajstić information content (AvgIpc) is 3.06. The molecule has 1 saturated heterocycles. The standard InChI is InChI=1S/C21H36F3N5O4S/c1-10(2)8-13(17(31)27-12(15(25)34)9-11-6-7-26-16(11)30)28-18(32)14(20(3,4)5)29-19(33)21(22,23)24/h10-15,34H,6-9,25H2,1-5H3,(H,26,30)(H,27,31)(H,28,32)(H,29,33)/t11-,12-,13-,14+,15-/m0/s1. The quantitative estimate of drug-likeness (QED) is 0.190. The molecule has 0 bridgehead atoms. The molecule has 13 heteroatoms. The lowest BCUT2D eigenvalue weighted by Crippen LogP contribution is -2.60. The van der Waals surface area contributed by atoms with E-state index in [1.807, 2.05) is 13.8 Å². The van der Waals surface area contributed by atoms with Crippen molar-refractivity contribution in [2.45, 2.75) is 83.6 Å². The molecule has 0 aliphatic carbocycles. The molecule has 1 fully saturated rings. The highest BCUT2D eigenvalue weighted by Gasteiger charge is 2.44. The van der Waals surface area contributed by atoms with Crippen LogP contribution in [0.25, 0.3) is 0 Å². The summed E-state index contributed by atoms with van der Waals surface area (Å²) >= 11 is 4.20. The molecular formula is C21H36F3N5O4S. The van der Waals surface area contributed by atoms with Crippen LogP contribution in [0.15, 0.2) is 0 Å². The monoisotopic (exact) mass is 511 g/mol. The van der Waals surface area contributed by atoms with Crippen LogP contribution < -0.4 is 27.0 Å². The van der Waals surface area contributed by atoms with Crippen molar-refractivity contribution in [2.24, 2.45) is 23.0 Å². The molecule has 0 unspecified atom stereocenters. The second-order valence-corrected chi connectivity index (χ2v) is 10.7. The molecule has 0 aromatic heterocycles. The van der Waals surface area contributed by atoms with E-state index in [0.717, 1.165) is 0 Å². The molecule has 196 valence electrons. The van der Waals surface area contributed by atoms with Crippen LogP contribution in [0.1, 0.15) is 53.9 Å². The summed E-state index contributed by atoms with van der Waals surface area (Å²) in [5.74, 6) is -4.32. The summed E-state index contributed by atoms with van der Waals surface area (Å²) in [6.45, 7) is 8.62. The molecule has 0 saturated carbocycles. The van der Waals surface area contributed by atoms with Crippen molar-refractivity contribution in [3.63, 3.8) is 0 Å². The molecule has 1 aliphatic heterocycles. The minimum atomic E-state index is -5.17. The minimum absolute atomic E-state index is 0.0577. The summed E-state index contributed by atoms with van der Waals surface area (Å²) in [5.41, 5.74) is 4.81. The van der Waals surface area contributed by atoms with E-state index >= 15 is 0 Å². The van der Waals surface area contributed by atoms with Gasteiger partial charge in [-0.05, 0) is 30.6 Å². The summed E-state index contributed by atoms with van der Waals surface area (Å²) < 4.78 is 38.3. The molecule has 1 aliphatic rings. The highest BCUT2D eigenvalue weighted by atomic mass is 32.1. The van der Waals surface area contributed by atoms with Crippen LogP contribution in [0.4, 0.5) is 13.2 Å². The number of rotatable bonds is 10. The Labute approximate surface area is 203 Å². The van der Waals surface area contributed by atoms with E-state index in [9.17, 15) is 32.3 Å². The zero-order chi connectivity index (χ0) is 26.4. The van der Waals surface area contributed by atoms with Crippen molar-refractivity contribution in [3.05, 3.63) is 0 Å². The Morgan fingerprint density at radius 3 is 2.12 bits per heavy atom. The number of alkyl halides is 3. The third-order valence-corrected chi connectivity index (χ3v) is 5.80. The maximum Gasteiger partial charge on any atom is 0.471 e. The van der Waals surface area contributed by atoms with Crippen LogP contribution in [0.5, 0.6) is 0 Å². The fraction of sp³-hybridized carbons (Fsp3) is 0.810. The summed E-state index contributed by atoms with van der Waals surface area (Å²) in [6, 6.07) is -3.33. The van der Waals surface area contributed by atoms with E-state index in [-0.39, 0.29) is 30.6 Å². The number of hydrogen-bond donors (Lipinski definition) is 6. The van der Waals surface area contributed by atoms with Gasteiger partial charge in [-0.15, -0.1) is 0 Å². The fourth-order valence-corrected chi connectivity index (χ4v) is 3.79. The van der Waals surface area contributed by atoms with Crippen molar-refractivity contribution >= 4 is 36.3 Å². The third kappa shape index (κ3) is 9.32. The first kappa shape index (κ1) is 30.0. The lowest BCUT2D eigenvalue weighted by molar-refractivity contribution is -0.175. The smallest absolute Gasteiger partial charge is 0.356 e. The number of hydrogen-bond acceptors (Lipinski definition) is 6. The number of halogens is 3. The van der Waals surface area contributed by atoms with Gasteiger partial charge in [0.05, 0.1) is 11.4 Å². The molecule has 6 N–H and O–H groups in total. The van der Waals surface area contributed by atoms with Crippen LogP contribution in [0.2, 0.25) is 0 Å². The molecule has 5 atom stereocenters. The highest BCUT2D eigenvalue weighted by molar-refractivity contribution is 7.80. The molecule has 0 aromatic rings. The van der Waals surface area contributed by atoms with Gasteiger partial charge in [0.2, 0.25) is 17.7 Å². The molecule has 0 radical (unpaired) electrons. The highest BCUT2D eigenvalue weighted by Crippen LogP contribution is 2.23. The van der Waals surface area contributed by atoms with Gasteiger partial charge < -0.3 is 27.0 Å². The molecule has 0 spiro atoms. The Kier molecular flexibility index (Phi) is 10.7. The Morgan fingerprint density at radius 2 is 1.71 bits per heavy atom. The van der Waals surface area contributed by atoms with Crippen LogP contribution in [0, 0.1) is 17.3 Å². The van der Waals surface area contributed by atoms with Crippen molar-refractivity contribution in [1.29, 1.82) is 0 Å². The van der Waals surface area contributed by atoms with Gasteiger partial charge >= 0.3 is 12.1 Å². The zero-order valence-corrected chi connectivity index (χ0v) is 21.0. The molecule has 1 heterocycles. The second kappa shape index (κ2) is 12.1. The van der Waals surface area contributed by atoms with E-state index in [1.54, 1.807) is 5.32 Å². The predicted molar refractivity (Wildman–Crippen MR) is 123 cm³/mol. The van der Waals surface area contributed by atoms with Crippen molar-refractivity contribution in [3.8, 4) is 0 Å². The van der Waals surface area contributed by atoms with E-state index in [1.165, 1.54) is 20.8 Å². The van der Waals surface area contributed by atoms with Crippen molar-refractivity contribution in [1.82, 2.24) is 21.3 Å². The van der Waals surface area contributed by atoms with Crippen LogP contribution in [-0.2, 0) is 19.2 Å². The fourth-order valence-electron chi connectivity index (χ4n) is 3.59. The first-order valence-corrected chi connectivity index (χ1v) is 11.6. The van der Waals surface area contributed by atoms with Gasteiger partial charge in [-0.3, -0.25) is 19.2 Å². The topological polar surface area (TPSA) is 142 Å². The second-order valence-electron chi connectivity index (χ2n) is 10.1. The van der Waals surface area contributed by atoms with Gasteiger partial charge in [-0.2, -0.15) is 25.8 Å². The van der Waals surface area contributed by atoms with E-state index < -0.39 is 52.8 Å². The zero-order valence-electron chi connectivity index (χ0n) is 20.1. The Balaban J connectivity index is 3.02. The SMILES string of the molecule is CC(C)C[C@H](NC(=O)[C@@H](NC(=O)C(F)(F)F)C(C)(C)C)C(=O)N[C@@H](C[C@@H]1CCNC1=O)[C@@H](N)S. The van der Waals surface area contributed by atoms with E-state index in [2.05, 4.69) is 28.6 Å². The Hall–Kier alpha value is -2.02. The number of nitrogens with two attached hydrogens (primary N) is 1. The Morgan fingerprint density at radius 1 is 1.12 bits per heavy atom. The predicted octanol–water partition coefficient (Wildman–Crippen LogP) is 0.836. The lowest BCUT2D eigenvalue weighted by atomic mass is 9.85. The molecule has 1 rings (SSSR count). The van der Waals surface area contributed by atoms with Crippen LogP contribution in [0.3, 0.4) is 0 Å². The summed E-state index contributed by atoms with van der Waals surface area (Å²) in [7, 11) is 0. The largest absolute Gasteiger partial charge is 0.471 e. The van der Waals surface area contributed by atoms with Crippen LogP contribution >= 0.6 is 12.6 Å². The number of thiol groups is 1. The minimum Gasteiger partial charge on any atom is -0.356 e. The van der Waals surface area contributed by atoms with Gasteiger partial charge in [0.1, 0.15) is 12.1 Å². The van der Waals surface area contributed by atoms with Gasteiger partial charge in [-0.25, -0.2) is 0 Å². The first-order valence-electron chi connectivity index (χ1n) is 11.1. The van der Waals surface area contributed by atoms with Crippen molar-refractivity contribution in [2.75, 3.05) is 6.54 Å². The van der Waals surface area contributed by atoms with E-state index in [0.29, 0.717) is 13.0 Å². The molecule has 9 nitrogen and oxygen atoms in total. The summed E-state index contributed by atoms with van der Waals surface area (Å²) in [4.78, 5) is 49.4. The van der Waals surface area contributed by atoms with Gasteiger partial charge in [0.15, 0.2) is 0 Å². The number of amides is 4. The van der Waals surface area contributed by atoms with Crippen molar-refractivity contribution < 1.29 is 32.3 Å². The molecular weight excluding hydrogens is 475 g/mol. The average molecular weight is 512 g/mol. The summed E-state index contributed by atoms with van der Waals surface area (Å²) in [6.07, 6.45) is -4.15. The van der Waals surface area contributed by atoms with Gasteiger partial charge in [0, 0.05) is 12.5 Å². The van der Waals surface area contributed by atoms with Gasteiger partial charge in [-0.1, -0.05) is 34.6 Å². The maximum absolute atomic E-state index is 13.1. The van der Waals surface area contributed by atoms with Gasteiger partial charge in [0.25, 0.3) is 0 Å². The maximum atomic E-state index is 13.1. The van der Waals surface area contributed by atoms with Crippen LogP contribution in [-0.4, -0.2) is 59.8 Å². The first-order chi connectivity index (χ1) is 15.4.